The maximum Gasteiger partial charge on any atom is 0.258 e. The smallest absolute Gasteiger partial charge is 0.258 e. The Morgan fingerprint density at radius 3 is 2.46 bits per heavy atom. The molecule has 0 aliphatic rings. The van der Waals surface area contributed by atoms with Crippen LogP contribution in [-0.2, 0) is 0 Å². The average molecular weight is 436 g/mol. The molecule has 0 saturated heterocycles. The van der Waals surface area contributed by atoms with Crippen molar-refractivity contribution in [3.63, 3.8) is 0 Å². The summed E-state index contributed by atoms with van der Waals surface area (Å²) in [6.45, 7) is 0. The molecule has 0 radical (unpaired) electrons. The van der Waals surface area contributed by atoms with Crippen molar-refractivity contribution in [3.05, 3.63) is 100 Å². The quantitative estimate of drug-likeness (QED) is 0.451. The Balaban J connectivity index is 1.75. The van der Waals surface area contributed by atoms with Gasteiger partial charge in [-0.25, -0.2) is 9.37 Å². The van der Waals surface area contributed by atoms with Gasteiger partial charge in [-0.1, -0.05) is 52.3 Å². The number of nitrogens with zero attached hydrogens (tertiary/aromatic N) is 1. The molecule has 4 nitrogen and oxygen atoms in total. The number of nitrogens with one attached hydrogen (secondary N) is 2. The topological polar surface area (TPSA) is 57.8 Å². The number of hydrogen-bond acceptors (Lipinski definition) is 2. The van der Waals surface area contributed by atoms with E-state index in [-0.39, 0.29) is 5.56 Å². The fourth-order valence-corrected chi connectivity index (χ4v) is 3.07. The second-order valence-electron chi connectivity index (χ2n) is 6.15. The number of para-hydroxylation sites is 2. The molecule has 0 saturated carbocycles. The number of amides is 1. The molecule has 1 amide bonds. The molecule has 28 heavy (non-hydrogen) atoms. The minimum Gasteiger partial charge on any atom is -0.337 e. The van der Waals surface area contributed by atoms with Gasteiger partial charge in [-0.3, -0.25) is 4.79 Å². The number of H-pyrrole nitrogens is 1. The predicted molar refractivity (Wildman–Crippen MR) is 112 cm³/mol. The zero-order valence-corrected chi connectivity index (χ0v) is 16.2. The average Bonchev–Trinajstić information content (AvgIpc) is 3.13. The molecule has 0 fully saturated rings. The fourth-order valence-electron chi connectivity index (χ4n) is 2.80. The van der Waals surface area contributed by atoms with Crippen LogP contribution < -0.4 is 5.32 Å². The SMILES string of the molecule is O=C(N/C(=C/c1ccc(Br)cc1)c1nc2ccccc2[nH]1)c1ccccc1F. The summed E-state index contributed by atoms with van der Waals surface area (Å²) in [5, 5.41) is 2.79. The van der Waals surface area contributed by atoms with Crippen molar-refractivity contribution in [2.75, 3.05) is 0 Å². The summed E-state index contributed by atoms with van der Waals surface area (Å²) in [5.74, 6) is -0.622. The first-order chi connectivity index (χ1) is 13.6. The Morgan fingerprint density at radius 2 is 1.71 bits per heavy atom. The lowest BCUT2D eigenvalue weighted by atomic mass is 10.1. The molecule has 138 valence electrons. The number of aromatic amines is 1. The lowest BCUT2D eigenvalue weighted by Crippen LogP contribution is -2.23. The number of imidazole rings is 1. The van der Waals surface area contributed by atoms with Crippen LogP contribution in [0.5, 0.6) is 0 Å². The third kappa shape index (κ3) is 3.87. The van der Waals surface area contributed by atoms with Crippen molar-refractivity contribution >= 4 is 44.6 Å². The molecule has 0 aliphatic heterocycles. The first-order valence-electron chi connectivity index (χ1n) is 8.58. The van der Waals surface area contributed by atoms with Crippen LogP contribution in [0.25, 0.3) is 22.8 Å². The molecule has 4 aromatic rings. The predicted octanol–water partition coefficient (Wildman–Crippen LogP) is 5.39. The normalized spacial score (nSPS) is 11.6. The van der Waals surface area contributed by atoms with E-state index in [9.17, 15) is 9.18 Å². The van der Waals surface area contributed by atoms with Crippen molar-refractivity contribution in [2.24, 2.45) is 0 Å². The lowest BCUT2D eigenvalue weighted by Gasteiger charge is -2.09. The molecule has 0 atom stereocenters. The molecule has 1 heterocycles. The molecule has 1 aromatic heterocycles. The highest BCUT2D eigenvalue weighted by Crippen LogP contribution is 2.20. The van der Waals surface area contributed by atoms with Gasteiger partial charge in [-0.05, 0) is 48.0 Å². The number of rotatable bonds is 4. The highest BCUT2D eigenvalue weighted by molar-refractivity contribution is 9.10. The molecule has 4 rings (SSSR count). The van der Waals surface area contributed by atoms with Gasteiger partial charge in [0, 0.05) is 4.47 Å². The zero-order valence-electron chi connectivity index (χ0n) is 14.6. The maximum absolute atomic E-state index is 14.0. The largest absolute Gasteiger partial charge is 0.337 e. The van der Waals surface area contributed by atoms with E-state index in [2.05, 4.69) is 31.2 Å². The maximum atomic E-state index is 14.0. The monoisotopic (exact) mass is 435 g/mol. The van der Waals surface area contributed by atoms with Crippen molar-refractivity contribution in [2.45, 2.75) is 0 Å². The summed E-state index contributed by atoms with van der Waals surface area (Å²) < 4.78 is 15.0. The Morgan fingerprint density at radius 1 is 1.00 bits per heavy atom. The molecule has 3 aromatic carbocycles. The fraction of sp³-hybridized carbons (Fsp3) is 0. The van der Waals surface area contributed by atoms with Gasteiger partial charge in [0.15, 0.2) is 5.82 Å². The van der Waals surface area contributed by atoms with E-state index >= 15 is 0 Å². The van der Waals surface area contributed by atoms with E-state index in [1.165, 1.54) is 12.1 Å². The van der Waals surface area contributed by atoms with Crippen molar-refractivity contribution in [1.29, 1.82) is 0 Å². The molecule has 6 heteroatoms. The number of hydrogen-bond donors (Lipinski definition) is 2. The summed E-state index contributed by atoms with van der Waals surface area (Å²) in [6, 6.07) is 21.1. The Labute approximate surface area is 169 Å². The summed E-state index contributed by atoms with van der Waals surface area (Å²) in [5.41, 5.74) is 2.92. The third-order valence-corrected chi connectivity index (χ3v) is 4.72. The zero-order chi connectivity index (χ0) is 19.5. The minimum atomic E-state index is -0.576. The first kappa shape index (κ1) is 18.1. The van der Waals surface area contributed by atoms with Crippen LogP contribution in [0.4, 0.5) is 4.39 Å². The molecule has 0 unspecified atom stereocenters. The standard InChI is InChI=1S/C22H15BrFN3O/c23-15-11-9-14(10-12-15)13-20(21-25-18-7-3-4-8-19(18)26-21)27-22(28)16-5-1-2-6-17(16)24/h1-13H,(H,25,26)(H,27,28)/b20-13+. The van der Waals surface area contributed by atoms with E-state index in [1.54, 1.807) is 18.2 Å². The van der Waals surface area contributed by atoms with Crippen LogP contribution in [0.1, 0.15) is 21.7 Å². The summed E-state index contributed by atoms with van der Waals surface area (Å²) in [7, 11) is 0. The van der Waals surface area contributed by atoms with Crippen LogP contribution >= 0.6 is 15.9 Å². The number of fused-ring (bicyclic) bond motifs is 1. The van der Waals surface area contributed by atoms with Crippen LogP contribution in [0.15, 0.2) is 77.3 Å². The summed E-state index contributed by atoms with van der Waals surface area (Å²) >= 11 is 3.41. The van der Waals surface area contributed by atoms with Gasteiger partial charge in [0.2, 0.25) is 0 Å². The summed E-state index contributed by atoms with van der Waals surface area (Å²) in [6.07, 6.45) is 1.79. The summed E-state index contributed by atoms with van der Waals surface area (Å²) in [4.78, 5) is 20.4. The van der Waals surface area contributed by atoms with Gasteiger partial charge in [0.25, 0.3) is 5.91 Å². The Kier molecular flexibility index (Phi) is 5.04. The van der Waals surface area contributed by atoms with Crippen molar-refractivity contribution in [3.8, 4) is 0 Å². The Bertz CT molecular complexity index is 1150. The second kappa shape index (κ2) is 7.78. The number of carbonyl (C=O) groups excluding carboxylic acids is 1. The van der Waals surface area contributed by atoms with Crippen LogP contribution in [-0.4, -0.2) is 15.9 Å². The van der Waals surface area contributed by atoms with Crippen molar-refractivity contribution < 1.29 is 9.18 Å². The second-order valence-corrected chi connectivity index (χ2v) is 7.06. The van der Waals surface area contributed by atoms with Crippen LogP contribution in [0.3, 0.4) is 0 Å². The van der Waals surface area contributed by atoms with Gasteiger partial charge in [-0.2, -0.15) is 0 Å². The van der Waals surface area contributed by atoms with Gasteiger partial charge in [0.1, 0.15) is 5.82 Å². The van der Waals surface area contributed by atoms with E-state index < -0.39 is 11.7 Å². The molecule has 0 aliphatic carbocycles. The Hall–Kier alpha value is -3.25. The number of halogens is 2. The third-order valence-electron chi connectivity index (χ3n) is 4.19. The van der Waals surface area contributed by atoms with Gasteiger partial charge in [-0.15, -0.1) is 0 Å². The highest BCUT2D eigenvalue weighted by atomic mass is 79.9. The number of aromatic nitrogens is 2. The van der Waals surface area contributed by atoms with Crippen LogP contribution in [0.2, 0.25) is 0 Å². The van der Waals surface area contributed by atoms with E-state index in [4.69, 9.17) is 0 Å². The number of benzene rings is 3. The molecular formula is C22H15BrFN3O. The van der Waals surface area contributed by atoms with E-state index in [0.717, 1.165) is 21.1 Å². The first-order valence-corrected chi connectivity index (χ1v) is 9.38. The van der Waals surface area contributed by atoms with Gasteiger partial charge in [0.05, 0.1) is 22.3 Å². The lowest BCUT2D eigenvalue weighted by molar-refractivity contribution is 0.0969. The van der Waals surface area contributed by atoms with E-state index in [1.807, 2.05) is 48.5 Å². The highest BCUT2D eigenvalue weighted by Gasteiger charge is 2.15. The molecule has 0 spiro atoms. The van der Waals surface area contributed by atoms with Crippen molar-refractivity contribution in [1.82, 2.24) is 15.3 Å². The van der Waals surface area contributed by atoms with Crippen LogP contribution in [0, 0.1) is 5.82 Å². The minimum absolute atomic E-state index is 0.0275. The number of carbonyl (C=O) groups is 1. The molecule has 0 bridgehead atoms. The molecular weight excluding hydrogens is 421 g/mol. The molecule has 2 N–H and O–H groups in total. The van der Waals surface area contributed by atoms with E-state index in [0.29, 0.717) is 11.5 Å². The van der Waals surface area contributed by atoms with Gasteiger partial charge < -0.3 is 10.3 Å². The van der Waals surface area contributed by atoms with Gasteiger partial charge >= 0.3 is 0 Å².